The van der Waals surface area contributed by atoms with E-state index in [0.717, 1.165) is 0 Å². The van der Waals surface area contributed by atoms with Gasteiger partial charge in [0.1, 0.15) is 0 Å². The number of halogens is 1. The van der Waals surface area contributed by atoms with Crippen LogP contribution in [-0.2, 0) is 16.1 Å². The van der Waals surface area contributed by atoms with Crippen LogP contribution in [0.3, 0.4) is 0 Å². The van der Waals surface area contributed by atoms with Crippen molar-refractivity contribution >= 4 is 28.5 Å². The largest absolute Gasteiger partial charge is 0.466 e. The predicted molar refractivity (Wildman–Crippen MR) is 76.9 cm³/mol. The number of ether oxygens (including phenoxy) is 1. The van der Waals surface area contributed by atoms with E-state index >= 15 is 0 Å². The average Bonchev–Trinajstić information content (AvgIpc) is 2.42. The molecule has 1 aromatic carbocycles. The van der Waals surface area contributed by atoms with Gasteiger partial charge < -0.3 is 4.74 Å². The van der Waals surface area contributed by atoms with Gasteiger partial charge in [-0.2, -0.15) is 0 Å². The van der Waals surface area contributed by atoms with Crippen LogP contribution in [0, 0.1) is 0 Å². The third-order valence-electron chi connectivity index (χ3n) is 2.89. The summed E-state index contributed by atoms with van der Waals surface area (Å²) in [6.07, 6.45) is 2.28. The van der Waals surface area contributed by atoms with Crippen LogP contribution in [0.25, 0.3) is 10.9 Å². The lowest BCUT2D eigenvalue weighted by atomic mass is 10.2. The first-order valence-electron chi connectivity index (χ1n) is 6.42. The second kappa shape index (κ2) is 6.52. The molecule has 0 radical (unpaired) electrons. The second-order valence-corrected chi connectivity index (χ2v) is 4.69. The molecule has 0 spiro atoms. The Balaban J connectivity index is 2.16. The highest BCUT2D eigenvalue weighted by Gasteiger charge is 2.08. The summed E-state index contributed by atoms with van der Waals surface area (Å²) in [7, 11) is 0. The molecule has 0 unspecified atom stereocenters. The topological polar surface area (TPSA) is 61.2 Å². The molecule has 0 aliphatic heterocycles. The van der Waals surface area contributed by atoms with Crippen molar-refractivity contribution in [1.29, 1.82) is 0 Å². The van der Waals surface area contributed by atoms with Gasteiger partial charge in [-0.05, 0) is 25.5 Å². The molecule has 0 aliphatic carbocycles. The molecule has 20 heavy (non-hydrogen) atoms. The van der Waals surface area contributed by atoms with E-state index in [-0.39, 0.29) is 17.9 Å². The Morgan fingerprint density at radius 2 is 2.25 bits per heavy atom. The van der Waals surface area contributed by atoms with Crippen LogP contribution in [0.4, 0.5) is 0 Å². The van der Waals surface area contributed by atoms with E-state index in [1.807, 2.05) is 0 Å². The molecule has 0 atom stereocenters. The van der Waals surface area contributed by atoms with E-state index in [1.54, 1.807) is 25.1 Å². The van der Waals surface area contributed by atoms with E-state index < -0.39 is 0 Å². The van der Waals surface area contributed by atoms with Gasteiger partial charge in [0, 0.05) is 13.0 Å². The van der Waals surface area contributed by atoms with Crippen LogP contribution >= 0.6 is 11.6 Å². The maximum absolute atomic E-state index is 12.3. The summed E-state index contributed by atoms with van der Waals surface area (Å²) in [5.41, 5.74) is 0.383. The van der Waals surface area contributed by atoms with Crippen LogP contribution in [-0.4, -0.2) is 22.1 Å². The number of aromatic nitrogens is 2. The van der Waals surface area contributed by atoms with Crippen LogP contribution in [0.2, 0.25) is 5.02 Å². The number of fused-ring (bicyclic) bond motifs is 1. The number of hydrogen-bond donors (Lipinski definition) is 0. The van der Waals surface area contributed by atoms with E-state index in [4.69, 9.17) is 16.3 Å². The van der Waals surface area contributed by atoms with Gasteiger partial charge in [0.25, 0.3) is 5.56 Å². The molecule has 106 valence electrons. The standard InChI is InChI=1S/C14H15ClN2O3/c1-2-20-12(18)7-4-8-17-9-16-11-6-3-5-10(15)13(11)14(17)19/h3,5-6,9H,2,4,7-8H2,1H3. The number of hydrogen-bond acceptors (Lipinski definition) is 4. The van der Waals surface area contributed by atoms with E-state index in [9.17, 15) is 9.59 Å². The van der Waals surface area contributed by atoms with Crippen molar-refractivity contribution in [3.63, 3.8) is 0 Å². The molecule has 0 saturated heterocycles. The highest BCUT2D eigenvalue weighted by atomic mass is 35.5. The van der Waals surface area contributed by atoms with Gasteiger partial charge in [0.2, 0.25) is 0 Å². The zero-order valence-electron chi connectivity index (χ0n) is 11.1. The van der Waals surface area contributed by atoms with Crippen molar-refractivity contribution in [1.82, 2.24) is 9.55 Å². The zero-order chi connectivity index (χ0) is 14.5. The van der Waals surface area contributed by atoms with Gasteiger partial charge >= 0.3 is 5.97 Å². The number of benzene rings is 1. The molecule has 5 nitrogen and oxygen atoms in total. The monoisotopic (exact) mass is 294 g/mol. The maximum Gasteiger partial charge on any atom is 0.305 e. The second-order valence-electron chi connectivity index (χ2n) is 4.29. The Morgan fingerprint density at radius 3 is 3.00 bits per heavy atom. The molecule has 2 rings (SSSR count). The van der Waals surface area contributed by atoms with Gasteiger partial charge in [-0.3, -0.25) is 14.2 Å². The fourth-order valence-corrected chi connectivity index (χ4v) is 2.20. The molecular formula is C14H15ClN2O3. The van der Waals surface area contributed by atoms with Crippen molar-refractivity contribution in [3.05, 3.63) is 39.9 Å². The number of carbonyl (C=O) groups excluding carboxylic acids is 1. The summed E-state index contributed by atoms with van der Waals surface area (Å²) < 4.78 is 6.30. The summed E-state index contributed by atoms with van der Waals surface area (Å²) >= 11 is 6.03. The van der Waals surface area contributed by atoms with Crippen molar-refractivity contribution in [3.8, 4) is 0 Å². The molecule has 1 heterocycles. The van der Waals surface area contributed by atoms with Crippen LogP contribution < -0.4 is 5.56 Å². The molecule has 0 N–H and O–H groups in total. The summed E-state index contributed by atoms with van der Waals surface area (Å²) in [6, 6.07) is 5.16. The zero-order valence-corrected chi connectivity index (χ0v) is 11.9. The fraction of sp³-hybridized carbons (Fsp3) is 0.357. The first kappa shape index (κ1) is 14.5. The van der Waals surface area contributed by atoms with Gasteiger partial charge in [-0.1, -0.05) is 17.7 Å². The molecule has 0 fully saturated rings. The molecule has 2 aromatic rings. The number of nitrogens with zero attached hydrogens (tertiary/aromatic N) is 2. The molecule has 0 amide bonds. The predicted octanol–water partition coefficient (Wildman–Crippen LogP) is 2.39. The molecule has 6 heteroatoms. The quantitative estimate of drug-likeness (QED) is 0.795. The van der Waals surface area contributed by atoms with Crippen LogP contribution in [0.1, 0.15) is 19.8 Å². The van der Waals surface area contributed by atoms with Crippen molar-refractivity contribution < 1.29 is 9.53 Å². The summed E-state index contributed by atoms with van der Waals surface area (Å²) in [6.45, 7) is 2.54. The highest BCUT2D eigenvalue weighted by Crippen LogP contribution is 2.17. The Bertz CT molecular complexity index is 682. The molecular weight excluding hydrogens is 280 g/mol. The molecule has 0 aliphatic rings. The molecule has 0 bridgehead atoms. The third-order valence-corrected chi connectivity index (χ3v) is 3.20. The van der Waals surface area contributed by atoms with Crippen molar-refractivity contribution in [2.45, 2.75) is 26.3 Å². The van der Waals surface area contributed by atoms with Gasteiger partial charge in [-0.25, -0.2) is 4.98 Å². The Morgan fingerprint density at radius 1 is 1.45 bits per heavy atom. The first-order chi connectivity index (χ1) is 9.63. The Kier molecular flexibility index (Phi) is 4.74. The van der Waals surface area contributed by atoms with E-state index in [1.165, 1.54) is 10.9 Å². The number of esters is 1. The van der Waals surface area contributed by atoms with E-state index in [2.05, 4.69) is 4.98 Å². The summed E-state index contributed by atoms with van der Waals surface area (Å²) in [4.78, 5) is 27.7. The normalized spacial score (nSPS) is 10.7. The number of aryl methyl sites for hydroxylation is 1. The Labute approximate surface area is 121 Å². The average molecular weight is 295 g/mol. The summed E-state index contributed by atoms with van der Waals surface area (Å²) in [5.74, 6) is -0.257. The molecule has 0 saturated carbocycles. The van der Waals surface area contributed by atoms with Crippen LogP contribution in [0.15, 0.2) is 29.3 Å². The first-order valence-corrected chi connectivity index (χ1v) is 6.80. The van der Waals surface area contributed by atoms with Crippen LogP contribution in [0.5, 0.6) is 0 Å². The van der Waals surface area contributed by atoms with Gasteiger partial charge in [0.15, 0.2) is 0 Å². The van der Waals surface area contributed by atoms with E-state index in [0.29, 0.717) is 35.5 Å². The number of carbonyl (C=O) groups is 1. The summed E-state index contributed by atoms with van der Waals surface area (Å²) in [5, 5.41) is 0.799. The minimum Gasteiger partial charge on any atom is -0.466 e. The highest BCUT2D eigenvalue weighted by molar-refractivity contribution is 6.35. The maximum atomic E-state index is 12.3. The molecule has 1 aromatic heterocycles. The minimum atomic E-state index is -0.257. The fourth-order valence-electron chi connectivity index (χ4n) is 1.95. The lowest BCUT2D eigenvalue weighted by Crippen LogP contribution is -2.21. The Hall–Kier alpha value is -1.88. The van der Waals surface area contributed by atoms with Gasteiger partial charge in [-0.15, -0.1) is 0 Å². The van der Waals surface area contributed by atoms with Gasteiger partial charge in [0.05, 0.1) is 28.9 Å². The van der Waals surface area contributed by atoms with Crippen molar-refractivity contribution in [2.75, 3.05) is 6.61 Å². The lowest BCUT2D eigenvalue weighted by Gasteiger charge is -2.07. The van der Waals surface area contributed by atoms with Crippen molar-refractivity contribution in [2.24, 2.45) is 0 Å². The third kappa shape index (κ3) is 3.17. The lowest BCUT2D eigenvalue weighted by molar-refractivity contribution is -0.143. The minimum absolute atomic E-state index is 0.190. The SMILES string of the molecule is CCOC(=O)CCCn1cnc2cccc(Cl)c2c1=O. The number of rotatable bonds is 5. The smallest absolute Gasteiger partial charge is 0.305 e.